The molecule has 0 atom stereocenters. The Hall–Kier alpha value is -4.13. The van der Waals surface area contributed by atoms with Crippen LogP contribution in [-0.4, -0.2) is 35.2 Å². The quantitative estimate of drug-likeness (QED) is 0.431. The lowest BCUT2D eigenvalue weighted by Crippen LogP contribution is -2.44. The van der Waals surface area contributed by atoms with E-state index >= 15 is 0 Å². The molecule has 0 aliphatic heterocycles. The third-order valence-corrected chi connectivity index (χ3v) is 6.13. The van der Waals surface area contributed by atoms with E-state index in [1.54, 1.807) is 32.0 Å². The van der Waals surface area contributed by atoms with Crippen molar-refractivity contribution in [3.63, 3.8) is 0 Å². The number of carboxylic acid groups (broad SMARTS) is 1. The molecule has 0 saturated carbocycles. The lowest BCUT2D eigenvalue weighted by Gasteiger charge is -2.24. The van der Waals surface area contributed by atoms with E-state index in [4.69, 9.17) is 9.84 Å². The zero-order chi connectivity index (χ0) is 25.2. The van der Waals surface area contributed by atoms with Gasteiger partial charge in [0.1, 0.15) is 6.61 Å². The normalized spacial score (nSPS) is 12.4. The number of nitrogens with one attached hydrogen (secondary N) is 2. The predicted molar refractivity (Wildman–Crippen MR) is 134 cm³/mol. The molecule has 0 unspecified atom stereocenters. The van der Waals surface area contributed by atoms with Crippen molar-refractivity contribution < 1.29 is 24.2 Å². The fraction of sp³-hybridized carbons (Fsp3) is 0.250. The van der Waals surface area contributed by atoms with Gasteiger partial charge in [-0.3, -0.25) is 14.9 Å². The van der Waals surface area contributed by atoms with Crippen LogP contribution in [0.15, 0.2) is 66.7 Å². The van der Waals surface area contributed by atoms with Crippen LogP contribution in [0.2, 0.25) is 0 Å². The average molecular weight is 473 g/mol. The Morgan fingerprint density at radius 3 is 2.14 bits per heavy atom. The van der Waals surface area contributed by atoms with Gasteiger partial charge in [0.25, 0.3) is 5.91 Å². The standard InChI is InChI=1S/C28H28N2O5/c1-17-12-13-18(26(33)30-28(2,3)15-25(31)32)14-24(17)29-27(34)35-16-23-21-10-6-4-8-19(21)20-9-5-7-11-22(20)23/h4-14,23H,15-16H2,1-3H3,(H,29,34)(H,30,33)(H,31,32). The van der Waals surface area contributed by atoms with Crippen LogP contribution in [0.4, 0.5) is 10.5 Å². The first-order chi connectivity index (χ1) is 16.6. The van der Waals surface area contributed by atoms with E-state index in [0.29, 0.717) is 11.3 Å². The number of ether oxygens (including phenoxy) is 1. The maximum absolute atomic E-state index is 12.7. The summed E-state index contributed by atoms with van der Waals surface area (Å²) < 4.78 is 5.61. The Kier molecular flexibility index (Phi) is 6.60. The van der Waals surface area contributed by atoms with Crippen molar-refractivity contribution in [1.82, 2.24) is 5.32 Å². The lowest BCUT2D eigenvalue weighted by atomic mass is 9.98. The highest BCUT2D eigenvalue weighted by Crippen LogP contribution is 2.44. The first kappa shape index (κ1) is 24.0. The minimum atomic E-state index is -1.00. The van der Waals surface area contributed by atoms with Crippen molar-refractivity contribution in [2.24, 2.45) is 0 Å². The van der Waals surface area contributed by atoms with Crippen molar-refractivity contribution >= 4 is 23.7 Å². The van der Waals surface area contributed by atoms with E-state index in [-0.39, 0.29) is 18.9 Å². The maximum atomic E-state index is 12.7. The largest absolute Gasteiger partial charge is 0.481 e. The first-order valence-corrected chi connectivity index (χ1v) is 11.4. The Labute approximate surface area is 204 Å². The number of hydrogen-bond donors (Lipinski definition) is 3. The fourth-order valence-electron chi connectivity index (χ4n) is 4.44. The van der Waals surface area contributed by atoms with Crippen molar-refractivity contribution in [3.05, 3.63) is 89.0 Å². The van der Waals surface area contributed by atoms with E-state index in [1.165, 1.54) is 0 Å². The van der Waals surface area contributed by atoms with Crippen LogP contribution < -0.4 is 10.6 Å². The Morgan fingerprint density at radius 1 is 0.943 bits per heavy atom. The van der Waals surface area contributed by atoms with Gasteiger partial charge in [0.2, 0.25) is 0 Å². The Balaban J connectivity index is 1.44. The van der Waals surface area contributed by atoms with Gasteiger partial charge in [-0.1, -0.05) is 54.6 Å². The highest BCUT2D eigenvalue weighted by atomic mass is 16.5. The van der Waals surface area contributed by atoms with E-state index < -0.39 is 23.5 Å². The molecule has 0 heterocycles. The number of anilines is 1. The molecule has 0 bridgehead atoms. The van der Waals surface area contributed by atoms with Crippen LogP contribution in [0.3, 0.4) is 0 Å². The van der Waals surface area contributed by atoms with Crippen molar-refractivity contribution in [3.8, 4) is 11.1 Å². The molecule has 1 aliphatic rings. The summed E-state index contributed by atoms with van der Waals surface area (Å²) in [7, 11) is 0. The molecule has 0 spiro atoms. The molecular formula is C28H28N2O5. The third kappa shape index (κ3) is 5.35. The summed E-state index contributed by atoms with van der Waals surface area (Å²) in [6.07, 6.45) is -0.825. The molecule has 1 aliphatic carbocycles. The smallest absolute Gasteiger partial charge is 0.411 e. The highest BCUT2D eigenvalue weighted by Gasteiger charge is 2.29. The molecule has 7 heteroatoms. The number of fused-ring (bicyclic) bond motifs is 3. The monoisotopic (exact) mass is 472 g/mol. The van der Waals surface area contributed by atoms with Crippen LogP contribution in [0.5, 0.6) is 0 Å². The predicted octanol–water partition coefficient (Wildman–Crippen LogP) is 5.34. The van der Waals surface area contributed by atoms with Crippen LogP contribution in [0.25, 0.3) is 11.1 Å². The van der Waals surface area contributed by atoms with E-state index in [1.807, 2.05) is 31.2 Å². The van der Waals surface area contributed by atoms with Gasteiger partial charge in [0, 0.05) is 22.7 Å². The molecule has 180 valence electrons. The average Bonchev–Trinajstić information content (AvgIpc) is 3.11. The highest BCUT2D eigenvalue weighted by molar-refractivity contribution is 5.97. The number of carboxylic acids is 1. The topological polar surface area (TPSA) is 105 Å². The number of carbonyl (C=O) groups is 3. The number of carbonyl (C=O) groups excluding carboxylic acids is 2. The van der Waals surface area contributed by atoms with Gasteiger partial charge in [-0.15, -0.1) is 0 Å². The zero-order valence-electron chi connectivity index (χ0n) is 19.9. The second kappa shape index (κ2) is 9.62. The Bertz CT molecular complexity index is 1250. The summed E-state index contributed by atoms with van der Waals surface area (Å²) in [5.74, 6) is -1.48. The maximum Gasteiger partial charge on any atom is 0.411 e. The first-order valence-electron chi connectivity index (χ1n) is 11.4. The summed E-state index contributed by atoms with van der Waals surface area (Å²) in [6.45, 7) is 5.28. The fourth-order valence-corrected chi connectivity index (χ4v) is 4.44. The summed E-state index contributed by atoms with van der Waals surface area (Å²) >= 11 is 0. The van der Waals surface area contributed by atoms with Crippen LogP contribution in [0, 0.1) is 6.92 Å². The third-order valence-electron chi connectivity index (χ3n) is 6.13. The number of aryl methyl sites for hydroxylation is 1. The molecule has 0 fully saturated rings. The number of aliphatic carboxylic acids is 1. The van der Waals surface area contributed by atoms with Gasteiger partial charge in [-0.25, -0.2) is 4.79 Å². The zero-order valence-corrected chi connectivity index (χ0v) is 19.9. The van der Waals surface area contributed by atoms with Crippen molar-refractivity contribution in [2.45, 2.75) is 38.6 Å². The number of rotatable bonds is 7. The van der Waals surface area contributed by atoms with E-state index in [9.17, 15) is 14.4 Å². The summed E-state index contributed by atoms with van der Waals surface area (Å²) in [5.41, 5.74) is 5.15. The molecule has 3 N–H and O–H groups in total. The van der Waals surface area contributed by atoms with Crippen LogP contribution in [-0.2, 0) is 9.53 Å². The molecule has 0 aromatic heterocycles. The lowest BCUT2D eigenvalue weighted by molar-refractivity contribution is -0.138. The van der Waals surface area contributed by atoms with E-state index in [0.717, 1.165) is 27.8 Å². The minimum absolute atomic E-state index is 0.0529. The molecule has 0 radical (unpaired) electrons. The van der Waals surface area contributed by atoms with Gasteiger partial charge in [0.05, 0.1) is 6.42 Å². The number of benzene rings is 3. The van der Waals surface area contributed by atoms with Gasteiger partial charge >= 0.3 is 12.1 Å². The van der Waals surface area contributed by atoms with Gasteiger partial charge in [0.15, 0.2) is 0 Å². The van der Waals surface area contributed by atoms with Gasteiger partial charge in [-0.2, -0.15) is 0 Å². The molecule has 7 nitrogen and oxygen atoms in total. The van der Waals surface area contributed by atoms with Crippen molar-refractivity contribution in [1.29, 1.82) is 0 Å². The summed E-state index contributed by atoms with van der Waals surface area (Å²) in [4.78, 5) is 36.4. The second-order valence-electron chi connectivity index (χ2n) is 9.39. The molecule has 35 heavy (non-hydrogen) atoms. The summed E-state index contributed by atoms with van der Waals surface area (Å²) in [6, 6.07) is 21.1. The molecule has 0 saturated heterocycles. The molecular weight excluding hydrogens is 444 g/mol. The minimum Gasteiger partial charge on any atom is -0.481 e. The number of hydrogen-bond acceptors (Lipinski definition) is 4. The van der Waals surface area contributed by atoms with Gasteiger partial charge < -0.3 is 15.2 Å². The molecule has 3 aromatic rings. The van der Waals surface area contributed by atoms with Gasteiger partial charge in [-0.05, 0) is 60.7 Å². The van der Waals surface area contributed by atoms with Crippen LogP contribution >= 0.6 is 0 Å². The SMILES string of the molecule is Cc1ccc(C(=O)NC(C)(C)CC(=O)O)cc1NC(=O)OCC1c2ccccc2-c2ccccc21. The van der Waals surface area contributed by atoms with E-state index in [2.05, 4.69) is 34.9 Å². The molecule has 2 amide bonds. The number of amides is 2. The summed E-state index contributed by atoms with van der Waals surface area (Å²) in [5, 5.41) is 14.5. The Morgan fingerprint density at radius 2 is 1.54 bits per heavy atom. The molecule has 3 aromatic carbocycles. The van der Waals surface area contributed by atoms with Crippen LogP contribution in [0.1, 0.15) is 53.2 Å². The van der Waals surface area contributed by atoms with Crippen molar-refractivity contribution in [2.75, 3.05) is 11.9 Å². The second-order valence-corrected chi connectivity index (χ2v) is 9.39. The molecule has 4 rings (SSSR count).